The van der Waals surface area contributed by atoms with Crippen LogP contribution < -0.4 is 15.5 Å². The zero-order chi connectivity index (χ0) is 15.5. The molecule has 0 aliphatic carbocycles. The zero-order valence-corrected chi connectivity index (χ0v) is 14.3. The number of aromatic nitrogens is 2. The number of nitrogens with one attached hydrogen (secondary N) is 2. The molecule has 0 radical (unpaired) electrons. The molecular weight excluding hydrogens is 342 g/mol. The second kappa shape index (κ2) is 6.62. The van der Waals surface area contributed by atoms with Gasteiger partial charge in [0.25, 0.3) is 0 Å². The molecule has 0 bridgehead atoms. The molecule has 1 fully saturated rings. The highest BCUT2D eigenvalue weighted by Crippen LogP contribution is 2.22. The van der Waals surface area contributed by atoms with Crippen LogP contribution >= 0.6 is 15.9 Å². The molecule has 2 heterocycles. The number of piperazine rings is 1. The topological polar surface area (TPSA) is 53.1 Å². The predicted octanol–water partition coefficient (Wildman–Crippen LogP) is 3.17. The fourth-order valence-corrected chi connectivity index (χ4v) is 3.11. The van der Waals surface area contributed by atoms with Gasteiger partial charge in [0.2, 0.25) is 5.95 Å². The molecule has 3 rings (SSSR count). The highest BCUT2D eigenvalue weighted by molar-refractivity contribution is 9.10. The Labute approximate surface area is 139 Å². The molecule has 1 saturated heterocycles. The molecule has 5 nitrogen and oxygen atoms in total. The molecule has 1 aliphatic rings. The summed E-state index contributed by atoms with van der Waals surface area (Å²) in [5, 5.41) is 6.76. The average molecular weight is 362 g/mol. The average Bonchev–Trinajstić information content (AvgIpc) is 2.47. The molecule has 0 amide bonds. The molecule has 2 aromatic rings. The second-order valence-corrected chi connectivity index (χ2v) is 6.56. The molecule has 1 aromatic carbocycles. The van der Waals surface area contributed by atoms with Gasteiger partial charge in [0.15, 0.2) is 0 Å². The van der Waals surface area contributed by atoms with Gasteiger partial charge in [-0.15, -0.1) is 0 Å². The number of benzene rings is 1. The monoisotopic (exact) mass is 361 g/mol. The van der Waals surface area contributed by atoms with E-state index in [-0.39, 0.29) is 0 Å². The van der Waals surface area contributed by atoms with Gasteiger partial charge < -0.3 is 15.5 Å². The van der Waals surface area contributed by atoms with Crippen molar-refractivity contribution >= 4 is 33.3 Å². The molecule has 116 valence electrons. The van der Waals surface area contributed by atoms with Gasteiger partial charge in [-0.05, 0) is 60.1 Å². The van der Waals surface area contributed by atoms with E-state index in [0.717, 1.165) is 23.4 Å². The summed E-state index contributed by atoms with van der Waals surface area (Å²) in [4.78, 5) is 10.9. The minimum Gasteiger partial charge on any atom is -0.368 e. The van der Waals surface area contributed by atoms with Crippen molar-refractivity contribution in [2.24, 2.45) is 0 Å². The smallest absolute Gasteiger partial charge is 0.228 e. The third-order valence-electron chi connectivity index (χ3n) is 3.67. The van der Waals surface area contributed by atoms with Crippen molar-refractivity contribution in [3.63, 3.8) is 0 Å². The minimum absolute atomic E-state index is 0.511. The summed E-state index contributed by atoms with van der Waals surface area (Å²) in [5.41, 5.74) is 2.24. The van der Waals surface area contributed by atoms with E-state index < -0.39 is 0 Å². The van der Waals surface area contributed by atoms with Gasteiger partial charge >= 0.3 is 0 Å². The summed E-state index contributed by atoms with van der Waals surface area (Å²) in [5.74, 6) is 0.589. The van der Waals surface area contributed by atoms with Gasteiger partial charge in [-0.2, -0.15) is 0 Å². The van der Waals surface area contributed by atoms with Crippen molar-refractivity contribution in [3.05, 3.63) is 41.1 Å². The first-order valence-corrected chi connectivity index (χ1v) is 8.26. The van der Waals surface area contributed by atoms with Crippen molar-refractivity contribution in [1.29, 1.82) is 0 Å². The Balaban J connectivity index is 1.70. The van der Waals surface area contributed by atoms with E-state index in [0.29, 0.717) is 18.0 Å². The van der Waals surface area contributed by atoms with Crippen molar-refractivity contribution in [2.45, 2.75) is 25.9 Å². The van der Waals surface area contributed by atoms with Crippen LogP contribution in [0.3, 0.4) is 0 Å². The normalized spacial score (nSPS) is 21.7. The second-order valence-electron chi connectivity index (χ2n) is 5.75. The molecule has 2 N–H and O–H groups in total. The van der Waals surface area contributed by atoms with Crippen LogP contribution in [0.5, 0.6) is 0 Å². The van der Waals surface area contributed by atoms with E-state index in [9.17, 15) is 0 Å². The summed E-state index contributed by atoms with van der Waals surface area (Å²) in [7, 11) is 0. The molecule has 0 unspecified atom stereocenters. The van der Waals surface area contributed by atoms with Gasteiger partial charge in [-0.3, -0.25) is 0 Å². The van der Waals surface area contributed by atoms with Crippen LogP contribution in [-0.2, 0) is 0 Å². The fourth-order valence-electron chi connectivity index (χ4n) is 2.82. The van der Waals surface area contributed by atoms with Gasteiger partial charge in [0, 0.05) is 42.7 Å². The Bertz CT molecular complexity index is 621. The maximum Gasteiger partial charge on any atom is 0.228 e. The lowest BCUT2D eigenvalue weighted by Crippen LogP contribution is -2.54. The van der Waals surface area contributed by atoms with Crippen molar-refractivity contribution in [1.82, 2.24) is 15.3 Å². The number of nitrogens with zero attached hydrogens (tertiary/aromatic N) is 3. The number of anilines is 3. The highest BCUT2D eigenvalue weighted by Gasteiger charge is 2.20. The largest absolute Gasteiger partial charge is 0.368 e. The van der Waals surface area contributed by atoms with E-state index in [1.807, 2.05) is 0 Å². The molecule has 1 aliphatic heterocycles. The number of halogens is 1. The summed E-state index contributed by atoms with van der Waals surface area (Å²) in [6, 6.07) is 11.2. The Kier molecular flexibility index (Phi) is 4.59. The van der Waals surface area contributed by atoms with Gasteiger partial charge in [0.05, 0.1) is 0 Å². The van der Waals surface area contributed by atoms with E-state index in [4.69, 9.17) is 0 Å². The maximum atomic E-state index is 4.28. The Morgan fingerprint density at radius 1 is 1.14 bits per heavy atom. The first-order chi connectivity index (χ1) is 10.6. The first-order valence-electron chi connectivity index (χ1n) is 7.47. The summed E-state index contributed by atoms with van der Waals surface area (Å²) in [6.07, 6.45) is 1.72. The SMILES string of the molecule is C[C@@H]1CN(c2ccc(Nc3nccc(Br)n3)cc2)C[C@H](C)N1. The van der Waals surface area contributed by atoms with Gasteiger partial charge in [-0.1, -0.05) is 0 Å². The van der Waals surface area contributed by atoms with Crippen LogP contribution in [0.25, 0.3) is 0 Å². The summed E-state index contributed by atoms with van der Waals surface area (Å²) in [6.45, 7) is 6.52. The van der Waals surface area contributed by atoms with Crippen LogP contribution in [0.15, 0.2) is 41.1 Å². The Morgan fingerprint density at radius 3 is 2.45 bits per heavy atom. The molecule has 22 heavy (non-hydrogen) atoms. The zero-order valence-electron chi connectivity index (χ0n) is 12.8. The molecule has 0 saturated carbocycles. The molecule has 2 atom stereocenters. The van der Waals surface area contributed by atoms with Crippen LogP contribution in [-0.4, -0.2) is 35.1 Å². The lowest BCUT2D eigenvalue weighted by atomic mass is 10.1. The number of hydrogen-bond donors (Lipinski definition) is 2. The van der Waals surface area contributed by atoms with Crippen molar-refractivity contribution in [2.75, 3.05) is 23.3 Å². The molecular formula is C16H20BrN5. The first kappa shape index (κ1) is 15.2. The standard InChI is InChI=1S/C16H20BrN5/c1-11-9-22(10-12(2)19-11)14-5-3-13(4-6-14)20-16-18-8-7-15(17)21-16/h3-8,11-12,19H,9-10H2,1-2H3,(H,18,20,21)/t11-,12+. The lowest BCUT2D eigenvalue weighted by Gasteiger charge is -2.37. The predicted molar refractivity (Wildman–Crippen MR) is 93.7 cm³/mol. The molecule has 6 heteroatoms. The fraction of sp³-hybridized carbons (Fsp3) is 0.375. The third-order valence-corrected chi connectivity index (χ3v) is 4.11. The number of rotatable bonds is 3. The Morgan fingerprint density at radius 2 is 1.82 bits per heavy atom. The van der Waals surface area contributed by atoms with E-state index >= 15 is 0 Å². The van der Waals surface area contributed by atoms with Crippen molar-refractivity contribution in [3.8, 4) is 0 Å². The van der Waals surface area contributed by atoms with Crippen molar-refractivity contribution < 1.29 is 0 Å². The minimum atomic E-state index is 0.511. The van der Waals surface area contributed by atoms with Crippen LogP contribution in [0.4, 0.5) is 17.3 Å². The van der Waals surface area contributed by atoms with Gasteiger partial charge in [-0.25, -0.2) is 9.97 Å². The van der Waals surface area contributed by atoms with Gasteiger partial charge in [0.1, 0.15) is 4.60 Å². The maximum absolute atomic E-state index is 4.28. The van der Waals surface area contributed by atoms with E-state index in [2.05, 4.69) is 79.5 Å². The highest BCUT2D eigenvalue weighted by atomic mass is 79.9. The summed E-state index contributed by atoms with van der Waals surface area (Å²) >= 11 is 3.35. The molecule has 0 spiro atoms. The van der Waals surface area contributed by atoms with Crippen LogP contribution in [0.1, 0.15) is 13.8 Å². The van der Waals surface area contributed by atoms with E-state index in [1.54, 1.807) is 12.3 Å². The van der Waals surface area contributed by atoms with E-state index in [1.165, 1.54) is 5.69 Å². The quantitative estimate of drug-likeness (QED) is 0.822. The van der Waals surface area contributed by atoms with Crippen LogP contribution in [0, 0.1) is 0 Å². The summed E-state index contributed by atoms with van der Waals surface area (Å²) < 4.78 is 0.769. The van der Waals surface area contributed by atoms with Crippen LogP contribution in [0.2, 0.25) is 0 Å². The third kappa shape index (κ3) is 3.75. The Hall–Kier alpha value is -1.66. The molecule has 1 aromatic heterocycles. The number of hydrogen-bond acceptors (Lipinski definition) is 5. The lowest BCUT2D eigenvalue weighted by molar-refractivity contribution is 0.407.